The molecule has 0 amide bonds. The minimum atomic E-state index is -0.800. The highest BCUT2D eigenvalue weighted by molar-refractivity contribution is 6.33. The molecule has 0 aromatic heterocycles. The van der Waals surface area contributed by atoms with Crippen LogP contribution in [-0.4, -0.2) is 5.11 Å². The number of aliphatic hydroxyl groups is 1. The lowest BCUT2D eigenvalue weighted by Crippen LogP contribution is -2.19. The molecule has 2 atom stereocenters. The Morgan fingerprint density at radius 3 is 1.96 bits per heavy atom. The van der Waals surface area contributed by atoms with Crippen LogP contribution in [0.3, 0.4) is 0 Å². The molecule has 2 nitrogen and oxygen atoms in total. The molecule has 0 aliphatic rings. The van der Waals surface area contributed by atoms with Crippen molar-refractivity contribution in [2.75, 3.05) is 0 Å². The summed E-state index contributed by atoms with van der Waals surface area (Å²) in [6.07, 6.45) is -0.800. The van der Waals surface area contributed by atoms with Crippen molar-refractivity contribution < 1.29 is 5.11 Å². The van der Waals surface area contributed by atoms with Gasteiger partial charge in [-0.3, -0.25) is 0 Å². The van der Waals surface area contributed by atoms with Crippen molar-refractivity contribution in [2.45, 2.75) is 12.1 Å². The fourth-order valence-corrected chi connectivity index (χ4v) is 3.00. The predicted molar refractivity (Wildman–Crippen MR) is 100 cm³/mol. The van der Waals surface area contributed by atoms with Crippen LogP contribution in [0, 0.1) is 0 Å². The predicted octanol–water partition coefficient (Wildman–Crippen LogP) is 5.39. The fourth-order valence-electron chi connectivity index (χ4n) is 2.63. The van der Waals surface area contributed by atoms with E-state index < -0.39 is 12.1 Å². The highest BCUT2D eigenvalue weighted by Crippen LogP contribution is 2.31. The van der Waals surface area contributed by atoms with Gasteiger partial charge in [-0.2, -0.15) is 0 Å². The van der Waals surface area contributed by atoms with Crippen LogP contribution in [0.25, 0.3) is 11.1 Å². The lowest BCUT2D eigenvalue weighted by atomic mass is 9.95. The second-order valence-electron chi connectivity index (χ2n) is 5.62. The van der Waals surface area contributed by atoms with Crippen molar-refractivity contribution in [1.82, 2.24) is 0 Å². The number of rotatable bonds is 4. The van der Waals surface area contributed by atoms with Gasteiger partial charge in [0.1, 0.15) is 0 Å². The first-order chi connectivity index (χ1) is 11.6. The molecule has 0 fully saturated rings. The maximum Gasteiger partial charge on any atom is 0.0982 e. The first kappa shape index (κ1) is 17.0. The van der Waals surface area contributed by atoms with Crippen molar-refractivity contribution >= 4 is 23.2 Å². The van der Waals surface area contributed by atoms with E-state index >= 15 is 0 Å². The molecule has 4 heteroatoms. The summed E-state index contributed by atoms with van der Waals surface area (Å²) < 4.78 is 0. The molecular weight excluding hydrogens is 341 g/mol. The third-order valence-electron chi connectivity index (χ3n) is 4.03. The summed E-state index contributed by atoms with van der Waals surface area (Å²) in [6, 6.07) is 22.0. The Hall–Kier alpha value is -1.84. The van der Waals surface area contributed by atoms with E-state index in [-0.39, 0.29) is 0 Å². The Labute approximate surface area is 151 Å². The summed E-state index contributed by atoms with van der Waals surface area (Å²) in [6.45, 7) is 0. The number of aliphatic hydroxyl groups excluding tert-OH is 1. The van der Waals surface area contributed by atoms with Gasteiger partial charge in [0.15, 0.2) is 0 Å². The zero-order valence-corrected chi connectivity index (χ0v) is 14.4. The van der Waals surface area contributed by atoms with Crippen molar-refractivity contribution in [3.8, 4) is 11.1 Å². The highest BCUT2D eigenvalue weighted by atomic mass is 35.5. The summed E-state index contributed by atoms with van der Waals surface area (Å²) in [5.41, 5.74) is 9.73. The smallest absolute Gasteiger partial charge is 0.0982 e. The Morgan fingerprint density at radius 1 is 0.750 bits per heavy atom. The van der Waals surface area contributed by atoms with Crippen LogP contribution < -0.4 is 5.73 Å². The topological polar surface area (TPSA) is 46.2 Å². The minimum Gasteiger partial charge on any atom is -0.386 e. The first-order valence-corrected chi connectivity index (χ1v) is 8.36. The van der Waals surface area contributed by atoms with Crippen LogP contribution in [0.4, 0.5) is 0 Å². The van der Waals surface area contributed by atoms with Crippen LogP contribution >= 0.6 is 23.2 Å². The lowest BCUT2D eigenvalue weighted by Gasteiger charge is -2.20. The Bertz CT molecular complexity index is 816. The van der Waals surface area contributed by atoms with E-state index in [0.717, 1.165) is 22.3 Å². The molecule has 3 aromatic rings. The second kappa shape index (κ2) is 7.37. The molecule has 122 valence electrons. The van der Waals surface area contributed by atoms with E-state index in [9.17, 15) is 5.11 Å². The van der Waals surface area contributed by atoms with E-state index in [1.165, 1.54) is 0 Å². The monoisotopic (exact) mass is 357 g/mol. The molecule has 3 rings (SSSR count). The third-order valence-corrected chi connectivity index (χ3v) is 4.61. The van der Waals surface area contributed by atoms with Gasteiger partial charge in [-0.1, -0.05) is 77.8 Å². The Balaban J connectivity index is 1.82. The van der Waals surface area contributed by atoms with Gasteiger partial charge in [0, 0.05) is 15.6 Å². The van der Waals surface area contributed by atoms with Crippen LogP contribution in [0.2, 0.25) is 10.0 Å². The normalized spacial score (nSPS) is 13.5. The quantitative estimate of drug-likeness (QED) is 0.656. The first-order valence-electron chi connectivity index (χ1n) is 7.60. The largest absolute Gasteiger partial charge is 0.386 e. The number of halogens is 2. The van der Waals surface area contributed by atoms with E-state index in [0.29, 0.717) is 10.0 Å². The molecule has 0 aliphatic carbocycles. The number of hydrogen-bond acceptors (Lipinski definition) is 2. The molecule has 0 radical (unpaired) electrons. The maximum atomic E-state index is 10.5. The molecule has 0 bridgehead atoms. The van der Waals surface area contributed by atoms with E-state index in [4.69, 9.17) is 28.9 Å². The van der Waals surface area contributed by atoms with E-state index in [1.54, 1.807) is 12.1 Å². The number of benzene rings is 3. The van der Waals surface area contributed by atoms with Crippen LogP contribution in [0.1, 0.15) is 23.3 Å². The third kappa shape index (κ3) is 3.63. The summed E-state index contributed by atoms with van der Waals surface area (Å²) in [5.74, 6) is 0. The summed E-state index contributed by atoms with van der Waals surface area (Å²) in [7, 11) is 0. The Kier molecular flexibility index (Phi) is 5.22. The molecule has 24 heavy (non-hydrogen) atoms. The van der Waals surface area contributed by atoms with Crippen LogP contribution in [0.5, 0.6) is 0 Å². The summed E-state index contributed by atoms with van der Waals surface area (Å²) in [4.78, 5) is 0. The van der Waals surface area contributed by atoms with Crippen molar-refractivity contribution in [2.24, 2.45) is 5.73 Å². The Morgan fingerprint density at radius 2 is 1.33 bits per heavy atom. The number of hydrogen-bond donors (Lipinski definition) is 2. The lowest BCUT2D eigenvalue weighted by molar-refractivity contribution is 0.147. The molecule has 0 aliphatic heterocycles. The van der Waals surface area contributed by atoms with Gasteiger partial charge in [0.05, 0.1) is 12.1 Å². The molecular formula is C20H17Cl2NO. The van der Waals surface area contributed by atoms with Crippen molar-refractivity contribution in [3.05, 3.63) is 94.0 Å². The van der Waals surface area contributed by atoms with E-state index in [1.807, 2.05) is 60.7 Å². The van der Waals surface area contributed by atoms with Crippen LogP contribution in [0.15, 0.2) is 72.8 Å². The minimum absolute atomic E-state index is 0.520. The molecule has 3 N–H and O–H groups in total. The van der Waals surface area contributed by atoms with Gasteiger partial charge in [-0.15, -0.1) is 0 Å². The molecule has 0 heterocycles. The van der Waals surface area contributed by atoms with E-state index in [2.05, 4.69) is 0 Å². The molecule has 0 unspecified atom stereocenters. The average molecular weight is 358 g/mol. The van der Waals surface area contributed by atoms with Gasteiger partial charge < -0.3 is 10.8 Å². The number of nitrogens with two attached hydrogens (primary N) is 1. The average Bonchev–Trinajstić information content (AvgIpc) is 2.62. The fraction of sp³-hybridized carbons (Fsp3) is 0.100. The second-order valence-corrected chi connectivity index (χ2v) is 6.47. The maximum absolute atomic E-state index is 10.5. The summed E-state index contributed by atoms with van der Waals surface area (Å²) in [5, 5.41) is 11.9. The standard InChI is InChI=1S/C20H17Cl2NO/c21-16-11-9-14(10-12-16)19(23)20(24)15-7-5-13(6-8-15)17-3-1-2-4-18(17)22/h1-12,19-20,24H,23H2/t19-,20+/m0/s1. The highest BCUT2D eigenvalue weighted by Gasteiger charge is 2.19. The zero-order chi connectivity index (χ0) is 17.1. The van der Waals surface area contributed by atoms with Gasteiger partial charge in [0.2, 0.25) is 0 Å². The van der Waals surface area contributed by atoms with Crippen LogP contribution in [-0.2, 0) is 0 Å². The van der Waals surface area contributed by atoms with Crippen molar-refractivity contribution in [3.63, 3.8) is 0 Å². The van der Waals surface area contributed by atoms with Gasteiger partial charge >= 0.3 is 0 Å². The molecule has 3 aromatic carbocycles. The summed E-state index contributed by atoms with van der Waals surface area (Å²) >= 11 is 12.1. The molecule has 0 saturated heterocycles. The van der Waals surface area contributed by atoms with Gasteiger partial charge in [-0.25, -0.2) is 0 Å². The zero-order valence-electron chi connectivity index (χ0n) is 12.9. The van der Waals surface area contributed by atoms with Crippen molar-refractivity contribution in [1.29, 1.82) is 0 Å². The van der Waals surface area contributed by atoms with Gasteiger partial charge in [-0.05, 0) is 34.9 Å². The molecule has 0 spiro atoms. The SMILES string of the molecule is N[C@@H](c1ccc(Cl)cc1)[C@H](O)c1ccc(-c2ccccc2Cl)cc1. The molecule has 0 saturated carbocycles. The van der Waals surface area contributed by atoms with Gasteiger partial charge in [0.25, 0.3) is 0 Å².